The molecule has 5 nitrogen and oxygen atoms in total. The van der Waals surface area contributed by atoms with E-state index < -0.39 is 6.04 Å². The monoisotopic (exact) mass is 263 g/mol. The summed E-state index contributed by atoms with van der Waals surface area (Å²) in [4.78, 5) is 23.7. The molecule has 104 valence electrons. The average Bonchev–Trinajstić information content (AvgIpc) is 2.38. The fourth-order valence-corrected chi connectivity index (χ4v) is 1.44. The first-order chi connectivity index (χ1) is 8.95. The fourth-order valence-electron chi connectivity index (χ4n) is 1.44. The van der Waals surface area contributed by atoms with Gasteiger partial charge in [-0.2, -0.15) is 0 Å². The molecule has 0 radical (unpaired) electrons. The molecule has 0 aromatic heterocycles. The number of benzene rings is 1. The van der Waals surface area contributed by atoms with Gasteiger partial charge in [-0.3, -0.25) is 9.59 Å². The van der Waals surface area contributed by atoms with Crippen LogP contribution in [0.25, 0.3) is 0 Å². The lowest BCUT2D eigenvalue weighted by atomic mass is 10.1. The van der Waals surface area contributed by atoms with Crippen LogP contribution >= 0.6 is 0 Å². The normalized spacial score (nSPS) is 13.5. The molecule has 0 saturated carbocycles. The Hall–Kier alpha value is -1.88. The summed E-state index contributed by atoms with van der Waals surface area (Å²) in [6.07, 6.45) is 0.847. The topological polar surface area (TPSA) is 84.2 Å². The number of anilines is 1. The van der Waals surface area contributed by atoms with Gasteiger partial charge in [0.1, 0.15) is 0 Å². The van der Waals surface area contributed by atoms with E-state index in [1.165, 1.54) is 0 Å². The molecule has 0 aliphatic carbocycles. The zero-order valence-corrected chi connectivity index (χ0v) is 11.6. The van der Waals surface area contributed by atoms with E-state index in [1.54, 1.807) is 31.2 Å². The number of nitrogens with two attached hydrogens (primary N) is 1. The first-order valence-electron chi connectivity index (χ1n) is 6.42. The number of nitrogens with one attached hydrogen (secondary N) is 2. The SMILES string of the molecule is CCC(C)NC(=O)c1ccccc1NC(=O)[C@@H](C)N. The number of rotatable bonds is 5. The Morgan fingerprint density at radius 3 is 2.47 bits per heavy atom. The lowest BCUT2D eigenvalue weighted by molar-refractivity contribution is -0.117. The van der Waals surface area contributed by atoms with Crippen molar-refractivity contribution in [3.63, 3.8) is 0 Å². The van der Waals surface area contributed by atoms with Crippen molar-refractivity contribution in [2.45, 2.75) is 39.3 Å². The van der Waals surface area contributed by atoms with Gasteiger partial charge in [-0.25, -0.2) is 0 Å². The third-order valence-electron chi connectivity index (χ3n) is 2.83. The Labute approximate surface area is 113 Å². The van der Waals surface area contributed by atoms with E-state index in [0.717, 1.165) is 6.42 Å². The molecule has 0 spiro atoms. The van der Waals surface area contributed by atoms with Gasteiger partial charge in [-0.05, 0) is 32.4 Å². The molecule has 4 N–H and O–H groups in total. The van der Waals surface area contributed by atoms with Crippen molar-refractivity contribution < 1.29 is 9.59 Å². The molecule has 2 atom stereocenters. The molecule has 1 aromatic carbocycles. The average molecular weight is 263 g/mol. The molecule has 1 rings (SSSR count). The highest BCUT2D eigenvalue weighted by Crippen LogP contribution is 2.15. The van der Waals surface area contributed by atoms with Crippen molar-refractivity contribution >= 4 is 17.5 Å². The second kappa shape index (κ2) is 6.89. The molecule has 0 fully saturated rings. The largest absolute Gasteiger partial charge is 0.350 e. The fraction of sp³-hybridized carbons (Fsp3) is 0.429. The van der Waals surface area contributed by atoms with Crippen LogP contribution in [0, 0.1) is 0 Å². The molecular formula is C14H21N3O2. The van der Waals surface area contributed by atoms with Crippen LogP contribution in [-0.4, -0.2) is 23.9 Å². The van der Waals surface area contributed by atoms with Crippen molar-refractivity contribution in [2.75, 3.05) is 5.32 Å². The maximum absolute atomic E-state index is 12.1. The summed E-state index contributed by atoms with van der Waals surface area (Å²) in [7, 11) is 0. The number of para-hydroxylation sites is 1. The van der Waals surface area contributed by atoms with Gasteiger partial charge < -0.3 is 16.4 Å². The molecule has 0 bridgehead atoms. The summed E-state index contributed by atoms with van der Waals surface area (Å²) in [5, 5.41) is 5.52. The summed E-state index contributed by atoms with van der Waals surface area (Å²) in [6.45, 7) is 5.52. The Kier molecular flexibility index (Phi) is 5.51. The van der Waals surface area contributed by atoms with Crippen molar-refractivity contribution in [1.82, 2.24) is 5.32 Å². The third kappa shape index (κ3) is 4.37. The third-order valence-corrected chi connectivity index (χ3v) is 2.83. The Bertz CT molecular complexity index is 458. The van der Waals surface area contributed by atoms with E-state index in [2.05, 4.69) is 10.6 Å². The van der Waals surface area contributed by atoms with Crippen molar-refractivity contribution in [1.29, 1.82) is 0 Å². The lowest BCUT2D eigenvalue weighted by Crippen LogP contribution is -2.35. The molecule has 5 heteroatoms. The molecule has 0 aliphatic rings. The van der Waals surface area contributed by atoms with Gasteiger partial charge in [0, 0.05) is 6.04 Å². The molecule has 0 saturated heterocycles. The summed E-state index contributed by atoms with van der Waals surface area (Å²) in [5.74, 6) is -0.515. The zero-order chi connectivity index (χ0) is 14.4. The van der Waals surface area contributed by atoms with Crippen molar-refractivity contribution in [3.8, 4) is 0 Å². The van der Waals surface area contributed by atoms with E-state index in [0.29, 0.717) is 11.3 Å². The van der Waals surface area contributed by atoms with Gasteiger partial charge in [0.25, 0.3) is 5.91 Å². The summed E-state index contributed by atoms with van der Waals surface area (Å²) in [5.41, 5.74) is 6.42. The van der Waals surface area contributed by atoms with Gasteiger partial charge in [0.05, 0.1) is 17.3 Å². The predicted octanol–water partition coefficient (Wildman–Crippen LogP) is 1.50. The zero-order valence-electron chi connectivity index (χ0n) is 11.6. The lowest BCUT2D eigenvalue weighted by Gasteiger charge is -2.15. The number of carbonyl (C=O) groups excluding carboxylic acids is 2. The highest BCUT2D eigenvalue weighted by molar-refractivity contribution is 6.04. The molecule has 19 heavy (non-hydrogen) atoms. The van der Waals surface area contributed by atoms with E-state index >= 15 is 0 Å². The first kappa shape index (κ1) is 15.2. The predicted molar refractivity (Wildman–Crippen MR) is 75.9 cm³/mol. The van der Waals surface area contributed by atoms with Crippen LogP contribution in [0.5, 0.6) is 0 Å². The molecular weight excluding hydrogens is 242 g/mol. The van der Waals surface area contributed by atoms with E-state index in [9.17, 15) is 9.59 Å². The van der Waals surface area contributed by atoms with Crippen LogP contribution in [0.4, 0.5) is 5.69 Å². The Morgan fingerprint density at radius 1 is 1.26 bits per heavy atom. The Morgan fingerprint density at radius 2 is 1.89 bits per heavy atom. The molecule has 1 aromatic rings. The summed E-state index contributed by atoms with van der Waals surface area (Å²) < 4.78 is 0. The van der Waals surface area contributed by atoms with Gasteiger partial charge in [0.2, 0.25) is 5.91 Å². The second-order valence-corrected chi connectivity index (χ2v) is 4.61. The van der Waals surface area contributed by atoms with E-state index in [4.69, 9.17) is 5.73 Å². The minimum atomic E-state index is -0.620. The molecule has 1 unspecified atom stereocenters. The summed E-state index contributed by atoms with van der Waals surface area (Å²) in [6, 6.07) is 6.35. The van der Waals surface area contributed by atoms with E-state index in [-0.39, 0.29) is 17.9 Å². The van der Waals surface area contributed by atoms with Crippen LogP contribution in [0.2, 0.25) is 0 Å². The number of hydrogen-bond donors (Lipinski definition) is 3. The van der Waals surface area contributed by atoms with Gasteiger partial charge in [-0.1, -0.05) is 19.1 Å². The highest BCUT2D eigenvalue weighted by Gasteiger charge is 2.15. The first-order valence-corrected chi connectivity index (χ1v) is 6.42. The van der Waals surface area contributed by atoms with Crippen LogP contribution < -0.4 is 16.4 Å². The van der Waals surface area contributed by atoms with Gasteiger partial charge in [0.15, 0.2) is 0 Å². The standard InChI is InChI=1S/C14H21N3O2/c1-4-9(2)16-14(19)11-7-5-6-8-12(11)17-13(18)10(3)15/h5-10H,4,15H2,1-3H3,(H,16,19)(H,17,18)/t9?,10-/m1/s1. The molecule has 2 amide bonds. The van der Waals surface area contributed by atoms with Crippen LogP contribution in [0.1, 0.15) is 37.6 Å². The summed E-state index contributed by atoms with van der Waals surface area (Å²) >= 11 is 0. The van der Waals surface area contributed by atoms with E-state index in [1.807, 2.05) is 13.8 Å². The van der Waals surface area contributed by atoms with Crippen molar-refractivity contribution in [2.24, 2.45) is 5.73 Å². The highest BCUT2D eigenvalue weighted by atomic mass is 16.2. The number of amides is 2. The Balaban J connectivity index is 2.89. The second-order valence-electron chi connectivity index (χ2n) is 4.61. The smallest absolute Gasteiger partial charge is 0.253 e. The molecule has 0 aliphatic heterocycles. The van der Waals surface area contributed by atoms with Crippen LogP contribution in [0.15, 0.2) is 24.3 Å². The van der Waals surface area contributed by atoms with Crippen LogP contribution in [0.3, 0.4) is 0 Å². The minimum absolute atomic E-state index is 0.0877. The van der Waals surface area contributed by atoms with Gasteiger partial charge in [-0.15, -0.1) is 0 Å². The van der Waals surface area contributed by atoms with Crippen molar-refractivity contribution in [3.05, 3.63) is 29.8 Å². The number of hydrogen-bond acceptors (Lipinski definition) is 3. The molecule has 0 heterocycles. The maximum Gasteiger partial charge on any atom is 0.253 e. The quantitative estimate of drug-likeness (QED) is 0.752. The number of carbonyl (C=O) groups is 2. The minimum Gasteiger partial charge on any atom is -0.350 e. The van der Waals surface area contributed by atoms with Crippen LogP contribution in [-0.2, 0) is 4.79 Å². The maximum atomic E-state index is 12.1. The van der Waals surface area contributed by atoms with Gasteiger partial charge >= 0.3 is 0 Å².